The predicted molar refractivity (Wildman–Crippen MR) is 125 cm³/mol. The summed E-state index contributed by atoms with van der Waals surface area (Å²) in [4.78, 5) is 27.0. The van der Waals surface area contributed by atoms with E-state index in [-0.39, 0.29) is 12.2 Å². The highest BCUT2D eigenvalue weighted by Crippen LogP contribution is 2.32. The molecule has 166 valence electrons. The van der Waals surface area contributed by atoms with Crippen LogP contribution in [0.15, 0.2) is 82.4 Å². The van der Waals surface area contributed by atoms with Crippen molar-refractivity contribution in [3.63, 3.8) is 0 Å². The first-order valence-corrected chi connectivity index (χ1v) is 11.0. The Morgan fingerprint density at radius 1 is 0.909 bits per heavy atom. The van der Waals surface area contributed by atoms with Crippen LogP contribution in [0.5, 0.6) is 0 Å². The number of hydrogen-bond donors (Lipinski definition) is 0. The molecule has 3 aromatic carbocycles. The van der Waals surface area contributed by atoms with Crippen LogP contribution in [0.3, 0.4) is 0 Å². The molecule has 0 aliphatic carbocycles. The van der Waals surface area contributed by atoms with Gasteiger partial charge >= 0.3 is 11.9 Å². The number of hydrogen-bond acceptors (Lipinski definition) is 3. The van der Waals surface area contributed by atoms with Crippen LogP contribution in [0.2, 0.25) is 5.02 Å². The third-order valence-corrected chi connectivity index (χ3v) is 6.70. The summed E-state index contributed by atoms with van der Waals surface area (Å²) >= 11 is 7.32. The number of fused-ring (bicyclic) bond motifs is 3. The van der Waals surface area contributed by atoms with Crippen molar-refractivity contribution < 1.29 is 13.2 Å². The SMILES string of the molecule is O=c1c2sc3ccccc3c2n(Cc2cccc(C(F)(F)F)c2)c(=O)n1-c1cccc(Cl)c1. The summed E-state index contributed by atoms with van der Waals surface area (Å²) in [6.45, 7) is -0.138. The number of benzene rings is 3. The Labute approximate surface area is 193 Å². The number of nitrogens with zero attached hydrogens (tertiary/aromatic N) is 2. The Morgan fingerprint density at radius 3 is 2.42 bits per heavy atom. The van der Waals surface area contributed by atoms with E-state index < -0.39 is 23.0 Å². The summed E-state index contributed by atoms with van der Waals surface area (Å²) in [5.74, 6) is 0. The Balaban J connectivity index is 1.84. The van der Waals surface area contributed by atoms with E-state index in [4.69, 9.17) is 11.6 Å². The van der Waals surface area contributed by atoms with Crippen LogP contribution >= 0.6 is 22.9 Å². The van der Waals surface area contributed by atoms with Crippen molar-refractivity contribution in [2.24, 2.45) is 0 Å². The summed E-state index contributed by atoms with van der Waals surface area (Å²) in [6, 6.07) is 18.4. The van der Waals surface area contributed by atoms with Crippen molar-refractivity contribution in [3.05, 3.63) is 110 Å². The quantitative estimate of drug-likeness (QED) is 0.310. The predicted octanol–water partition coefficient (Wildman–Crippen LogP) is 6.09. The molecule has 0 radical (unpaired) electrons. The summed E-state index contributed by atoms with van der Waals surface area (Å²) in [6.07, 6.45) is -4.51. The second-order valence-corrected chi connectivity index (χ2v) is 8.95. The second kappa shape index (κ2) is 7.90. The molecule has 0 fully saturated rings. The zero-order chi connectivity index (χ0) is 23.3. The van der Waals surface area contributed by atoms with Crippen LogP contribution in [0, 0.1) is 0 Å². The molecule has 0 aliphatic heterocycles. The van der Waals surface area contributed by atoms with Crippen LogP contribution < -0.4 is 11.2 Å². The van der Waals surface area contributed by atoms with Gasteiger partial charge in [-0.05, 0) is 42.0 Å². The highest BCUT2D eigenvalue weighted by Gasteiger charge is 2.30. The molecule has 9 heteroatoms. The van der Waals surface area contributed by atoms with E-state index in [2.05, 4.69) is 0 Å². The number of alkyl halides is 3. The summed E-state index contributed by atoms with van der Waals surface area (Å²) in [5.41, 5.74) is -0.979. The topological polar surface area (TPSA) is 44.0 Å². The first-order valence-electron chi connectivity index (χ1n) is 9.83. The third kappa shape index (κ3) is 3.75. The minimum Gasteiger partial charge on any atom is -0.287 e. The lowest BCUT2D eigenvalue weighted by Gasteiger charge is -2.14. The second-order valence-electron chi connectivity index (χ2n) is 7.46. The molecular formula is C24H14ClF3N2O2S. The van der Waals surface area contributed by atoms with Crippen molar-refractivity contribution in [3.8, 4) is 5.69 Å². The largest absolute Gasteiger partial charge is 0.416 e. The standard InChI is InChI=1S/C24H14ClF3N2O2S/c25-16-7-4-8-17(12-16)30-22(31)21-20(18-9-1-2-10-19(18)33-21)29(23(30)32)13-14-5-3-6-15(11-14)24(26,27)28/h1-12H,13H2. The van der Waals surface area contributed by atoms with E-state index >= 15 is 0 Å². The smallest absolute Gasteiger partial charge is 0.287 e. The fraction of sp³-hybridized carbons (Fsp3) is 0.0833. The van der Waals surface area contributed by atoms with Crippen LogP contribution in [-0.2, 0) is 12.7 Å². The van der Waals surface area contributed by atoms with Gasteiger partial charge in [-0.25, -0.2) is 9.36 Å². The molecule has 0 bridgehead atoms. The molecule has 0 saturated heterocycles. The molecule has 2 heterocycles. The summed E-state index contributed by atoms with van der Waals surface area (Å²) in [5, 5.41) is 1.04. The Bertz CT molecular complexity index is 1650. The monoisotopic (exact) mass is 486 g/mol. The number of halogens is 4. The van der Waals surface area contributed by atoms with E-state index in [0.29, 0.717) is 26.2 Å². The van der Waals surface area contributed by atoms with Gasteiger partial charge in [0.25, 0.3) is 5.56 Å². The maximum atomic E-state index is 13.6. The third-order valence-electron chi connectivity index (χ3n) is 5.32. The van der Waals surface area contributed by atoms with Crippen LogP contribution in [0.25, 0.3) is 26.0 Å². The van der Waals surface area contributed by atoms with Crippen molar-refractivity contribution >= 4 is 43.2 Å². The fourth-order valence-corrected chi connectivity index (χ4v) is 5.19. The van der Waals surface area contributed by atoms with Gasteiger partial charge in [0.2, 0.25) is 0 Å². The van der Waals surface area contributed by atoms with Gasteiger partial charge in [-0.2, -0.15) is 13.2 Å². The Morgan fingerprint density at radius 2 is 1.67 bits per heavy atom. The van der Waals surface area contributed by atoms with Gasteiger partial charge in [0.05, 0.1) is 23.3 Å². The zero-order valence-electron chi connectivity index (χ0n) is 16.8. The minimum atomic E-state index is -4.51. The van der Waals surface area contributed by atoms with Crippen molar-refractivity contribution in [1.82, 2.24) is 9.13 Å². The first-order chi connectivity index (χ1) is 15.7. The maximum Gasteiger partial charge on any atom is 0.416 e. The van der Waals surface area contributed by atoms with Gasteiger partial charge in [0.15, 0.2) is 0 Å². The molecule has 0 N–H and O–H groups in total. The van der Waals surface area contributed by atoms with E-state index in [1.807, 2.05) is 12.1 Å². The summed E-state index contributed by atoms with van der Waals surface area (Å²) in [7, 11) is 0. The first kappa shape index (κ1) is 21.5. The van der Waals surface area contributed by atoms with E-state index in [1.165, 1.54) is 34.1 Å². The van der Waals surface area contributed by atoms with Crippen LogP contribution in [0.1, 0.15) is 11.1 Å². The molecule has 0 amide bonds. The van der Waals surface area contributed by atoms with E-state index in [0.717, 1.165) is 21.4 Å². The fourth-order valence-electron chi connectivity index (χ4n) is 3.87. The zero-order valence-corrected chi connectivity index (χ0v) is 18.3. The average molecular weight is 487 g/mol. The molecule has 0 spiro atoms. The molecule has 33 heavy (non-hydrogen) atoms. The number of thiophene rings is 1. The highest BCUT2D eigenvalue weighted by atomic mass is 35.5. The van der Waals surface area contributed by atoms with Gasteiger partial charge in [-0.1, -0.05) is 48.0 Å². The molecule has 4 nitrogen and oxygen atoms in total. The molecule has 0 aliphatic rings. The van der Waals surface area contributed by atoms with E-state index in [1.54, 1.807) is 30.3 Å². The van der Waals surface area contributed by atoms with E-state index in [9.17, 15) is 22.8 Å². The van der Waals surface area contributed by atoms with Crippen molar-refractivity contribution in [2.45, 2.75) is 12.7 Å². The lowest BCUT2D eigenvalue weighted by molar-refractivity contribution is -0.137. The van der Waals surface area contributed by atoms with Gasteiger partial charge in [0.1, 0.15) is 4.70 Å². The van der Waals surface area contributed by atoms with Crippen molar-refractivity contribution in [2.75, 3.05) is 0 Å². The van der Waals surface area contributed by atoms with Crippen molar-refractivity contribution in [1.29, 1.82) is 0 Å². The number of rotatable bonds is 3. The van der Waals surface area contributed by atoms with Gasteiger partial charge in [-0.15, -0.1) is 11.3 Å². The molecule has 5 rings (SSSR count). The average Bonchev–Trinajstić information content (AvgIpc) is 3.16. The van der Waals surface area contributed by atoms with Gasteiger partial charge < -0.3 is 0 Å². The van der Waals surface area contributed by atoms with Gasteiger partial charge in [-0.3, -0.25) is 9.36 Å². The summed E-state index contributed by atoms with van der Waals surface area (Å²) < 4.78 is 43.2. The highest BCUT2D eigenvalue weighted by molar-refractivity contribution is 7.25. The van der Waals surface area contributed by atoms with Crippen LogP contribution in [-0.4, -0.2) is 9.13 Å². The molecule has 2 aromatic heterocycles. The molecule has 0 unspecified atom stereocenters. The molecule has 0 saturated carbocycles. The molecule has 5 aromatic rings. The molecular weight excluding hydrogens is 473 g/mol. The lowest BCUT2D eigenvalue weighted by Crippen LogP contribution is -2.38. The maximum absolute atomic E-state index is 13.6. The Kier molecular flexibility index (Phi) is 5.14. The lowest BCUT2D eigenvalue weighted by atomic mass is 10.1. The number of aromatic nitrogens is 2. The minimum absolute atomic E-state index is 0.138. The normalized spacial score (nSPS) is 12.0. The molecule has 0 atom stereocenters. The Hall–Kier alpha value is -3.36. The van der Waals surface area contributed by atoms with Gasteiger partial charge in [0, 0.05) is 15.1 Å². The van der Waals surface area contributed by atoms with Crippen LogP contribution in [0.4, 0.5) is 13.2 Å².